The number of anilines is 1. The summed E-state index contributed by atoms with van der Waals surface area (Å²) in [4.78, 5) is 54.0. The Bertz CT molecular complexity index is 5990. The number of alkyl halides is 4. The van der Waals surface area contributed by atoms with Crippen molar-refractivity contribution in [2.24, 2.45) is 0 Å². The normalized spacial score (nSPS) is 22.5. The Hall–Kier alpha value is -8.72. The molecule has 0 radical (unpaired) electrons. The number of amides is 2. The maximum absolute atomic E-state index is 15.0. The first kappa shape index (κ1) is 108. The zero-order valence-corrected chi connectivity index (χ0v) is 91.9. The van der Waals surface area contributed by atoms with Crippen molar-refractivity contribution in [2.45, 2.75) is 241 Å². The van der Waals surface area contributed by atoms with Crippen LogP contribution in [-0.2, 0) is 41.0 Å². The summed E-state index contributed by atoms with van der Waals surface area (Å²) in [6.07, 6.45) is 12.8. The molecule has 0 aromatic heterocycles. The molecule has 0 spiro atoms. The quantitative estimate of drug-likeness (QED) is 0.0148. The van der Waals surface area contributed by atoms with Gasteiger partial charge in [-0.05, 0) is 278 Å². The molecule has 12 aromatic carbocycles. The summed E-state index contributed by atoms with van der Waals surface area (Å²) in [5.41, 5.74) is 9.82. The van der Waals surface area contributed by atoms with E-state index < -0.39 is 76.0 Å². The van der Waals surface area contributed by atoms with Crippen LogP contribution in [0.1, 0.15) is 181 Å². The molecule has 0 N–H and O–H groups in total. The summed E-state index contributed by atoms with van der Waals surface area (Å²) in [5.74, 6) is -1.01. The molecule has 143 heavy (non-hydrogen) atoms. The van der Waals surface area contributed by atoms with Gasteiger partial charge in [0, 0.05) is 11.1 Å². The predicted molar refractivity (Wildman–Crippen MR) is 596 cm³/mol. The third kappa shape index (κ3) is 23.7. The van der Waals surface area contributed by atoms with Crippen molar-refractivity contribution in [2.75, 3.05) is 4.90 Å². The van der Waals surface area contributed by atoms with Gasteiger partial charge in [0.2, 0.25) is 0 Å². The molecule has 10 nitrogen and oxygen atoms in total. The molecule has 23 heteroatoms. The van der Waals surface area contributed by atoms with Gasteiger partial charge < -0.3 is 38.5 Å². The SMILES string of the molecule is C1CCCC1.C[C@@H]1CC[C@@H](C)P1C1=C(P2[C@H](C)CC[C@H]2C)C(=O)OC1=O.Cc1cc(C)cc(N2C(=O)C(P3[C@H](C)CC[C@H]3C)=C(P3[C@H](C)CC[C@H]3C)C2=O)c1.FC1(F)Oc2ccc(P(c3ccccc3)c3ccccc3)c(-c3c(P(c4ccccc4)c4ccccc4)ccc4c3OC(F)(F)O4)c2O1.[CH3-].[CH3-].[Fe+2].c1ccc(P(c2ccccc2)c2ccccc2C2CCCC2P(c2ccccc2)c2ccccc2)cc1. The van der Waals surface area contributed by atoms with Crippen LogP contribution in [0.4, 0.5) is 23.2 Å². The van der Waals surface area contributed by atoms with E-state index in [1.807, 2.05) is 147 Å². The van der Waals surface area contributed by atoms with E-state index in [0.717, 1.165) is 59.3 Å². The largest absolute Gasteiger partial charge is 2.00 e. The third-order valence-electron chi connectivity index (χ3n) is 28.8. The number of ether oxygens (including phenoxy) is 5. The molecule has 12 aromatic rings. The molecule has 2 unspecified atom stereocenters. The minimum atomic E-state index is -3.99. The van der Waals surface area contributed by atoms with Gasteiger partial charge in [0.15, 0.2) is 23.0 Å². The smallest absolute Gasteiger partial charge is 0.395 e. The molecular weight excluding hydrogens is 1980 g/mol. The van der Waals surface area contributed by atoms with Gasteiger partial charge in [0.25, 0.3) is 11.8 Å². The fraction of sp³-hybridized carbons (Fsp3) is 0.317. The van der Waals surface area contributed by atoms with Crippen LogP contribution in [-0.4, -0.2) is 87.3 Å². The molecule has 4 saturated heterocycles. The van der Waals surface area contributed by atoms with E-state index in [2.05, 4.69) is 207 Å². The maximum Gasteiger partial charge on any atom is 2.00 e. The monoisotopic (exact) mass is 2110 g/mol. The molecular formula is C120H129F4FeNO9P8. The second-order valence-corrected chi connectivity index (χ2v) is 59.6. The summed E-state index contributed by atoms with van der Waals surface area (Å²) in [6, 6.07) is 105. The van der Waals surface area contributed by atoms with Crippen molar-refractivity contribution in [1.29, 1.82) is 0 Å². The van der Waals surface area contributed by atoms with Crippen molar-refractivity contribution in [3.63, 3.8) is 0 Å². The van der Waals surface area contributed by atoms with Gasteiger partial charge in [-0.25, -0.2) is 14.5 Å². The number of carbonyl (C=O) groups excluding carboxylic acids is 4. The van der Waals surface area contributed by atoms with Gasteiger partial charge in [-0.1, -0.05) is 399 Å². The van der Waals surface area contributed by atoms with Crippen molar-refractivity contribution in [3.8, 4) is 34.1 Å². The number of hydrogen-bond acceptors (Lipinski definition) is 9. The first-order chi connectivity index (χ1) is 67.8. The Balaban J connectivity index is 0.000000145. The number of fused-ring (bicyclic) bond motifs is 2. The molecule has 6 fully saturated rings. The van der Waals surface area contributed by atoms with Crippen LogP contribution >= 0.6 is 63.4 Å². The second-order valence-electron chi connectivity index (χ2n) is 38.5. The Morgan fingerprint density at radius 3 is 0.888 bits per heavy atom. The van der Waals surface area contributed by atoms with Gasteiger partial charge in [-0.15, -0.1) is 17.6 Å². The van der Waals surface area contributed by atoms with E-state index in [9.17, 15) is 36.7 Å². The minimum Gasteiger partial charge on any atom is -0.395 e. The van der Waals surface area contributed by atoms with Crippen LogP contribution in [0.25, 0.3) is 11.1 Å². The molecule has 2 saturated carbocycles. The predicted octanol–water partition coefficient (Wildman–Crippen LogP) is 28.5. The summed E-state index contributed by atoms with van der Waals surface area (Å²) < 4.78 is 85.5. The molecule has 0 bridgehead atoms. The molecule has 744 valence electrons. The molecule has 10 atom stereocenters. The average Bonchev–Trinajstić information content (AvgIpc) is 1.57. The van der Waals surface area contributed by atoms with Crippen molar-refractivity contribution in [1.82, 2.24) is 0 Å². The zero-order valence-electron chi connectivity index (χ0n) is 83.6. The molecule has 2 aliphatic carbocycles. The first-order valence-corrected chi connectivity index (χ1v) is 61.1. The number of nitrogens with zero attached hydrogens (tertiary/aromatic N) is 1. The molecule has 10 aliphatic rings. The summed E-state index contributed by atoms with van der Waals surface area (Å²) in [5, 5.41) is 15.8. The fourth-order valence-corrected chi connectivity index (χ4v) is 47.4. The number of benzene rings is 12. The number of rotatable bonds is 19. The van der Waals surface area contributed by atoms with Gasteiger partial charge in [0.1, 0.15) is 0 Å². The standard InChI is InChI=1S/C38H24F4O4P2.C35H32P2.C24H33NO2P2.C16H24O3P2.C5H10.2CH3.Fe/c39-37(40)43-29-21-23-31(47(25-13-5-1-6-14-25)26-15-7-2-8-16-26)33(35(29)45-37)34-32(24-22-30-36(34)46-38(41,42)44-30)48(27-17-9-3-10-18-27)28-19-11-4-12-20-28;1-5-16-28(17-6-1)36(29-18-7-2-8-19-29)34-26-14-13-24-32(34)33-25-15-27-35(33)37(30-20-9-3-10-21-30)31-22-11-4-12-23-31;1-14-11-15(2)13-20(12-14)25-23(26)21(28-16(3)7-8-17(28)4)22(24(25)27)29-18(5)9-10-19(29)6;1-9-5-6-10(2)20(9)13-14(16(18)19-15(13)17)21-11(3)7-8-12(21)4;1-2-4-5-3-1;;;/h1-24H;1-14,16-24,26,33,35H,15,25,27H2;11-13,16-19H,7-10H2,1-6H3;9-12H,5-8H2,1-4H3;1-5H2;2*1H3;/q;;;;;2*-1;+2/t;;16-,17-,18-,19-;9-,10-,11-,12-;;;;/m..11..../s1. The number of aryl methyl sites for hydroxylation is 2. The molecule has 22 rings (SSSR count). The van der Waals surface area contributed by atoms with Gasteiger partial charge in [-0.2, -0.15) is 0 Å². The van der Waals surface area contributed by atoms with Crippen LogP contribution in [0, 0.1) is 28.7 Å². The Morgan fingerprint density at radius 2 is 0.580 bits per heavy atom. The third-order valence-corrected chi connectivity index (χ3v) is 53.0. The number of cyclic esters (lactones) is 2. The minimum absolute atomic E-state index is 0. The van der Waals surface area contributed by atoms with E-state index in [1.165, 1.54) is 146 Å². The van der Waals surface area contributed by atoms with Crippen LogP contribution in [0.15, 0.2) is 331 Å². The van der Waals surface area contributed by atoms with E-state index in [4.69, 9.17) is 23.7 Å². The van der Waals surface area contributed by atoms with E-state index in [0.29, 0.717) is 67.5 Å². The van der Waals surface area contributed by atoms with E-state index in [1.54, 1.807) is 17.7 Å². The van der Waals surface area contributed by atoms with Crippen LogP contribution in [0.2, 0.25) is 0 Å². The average molecular weight is 2110 g/mol. The number of imide groups is 1. The van der Waals surface area contributed by atoms with Crippen molar-refractivity contribution in [3.05, 3.63) is 362 Å². The van der Waals surface area contributed by atoms with Gasteiger partial charge in [-0.3, -0.25) is 9.59 Å². The van der Waals surface area contributed by atoms with Crippen molar-refractivity contribution < 1.29 is 77.5 Å². The Labute approximate surface area is 864 Å². The number of carbonyl (C=O) groups is 4. The fourth-order valence-electron chi connectivity index (χ4n) is 22.5. The summed E-state index contributed by atoms with van der Waals surface area (Å²) >= 11 is 0. The Kier molecular flexibility index (Phi) is 36.8. The van der Waals surface area contributed by atoms with Crippen LogP contribution in [0.5, 0.6) is 23.0 Å². The number of esters is 2. The zero-order chi connectivity index (χ0) is 97.6. The van der Waals surface area contributed by atoms with Gasteiger partial charge >= 0.3 is 41.6 Å². The Morgan fingerprint density at radius 1 is 0.308 bits per heavy atom. The molecule has 2 amide bonds. The topological polar surface area (TPSA) is 118 Å². The van der Waals surface area contributed by atoms with Crippen LogP contribution < -0.4 is 82.2 Å². The summed E-state index contributed by atoms with van der Waals surface area (Å²) in [7, 11) is -6.19. The summed E-state index contributed by atoms with van der Waals surface area (Å²) in [6.45, 7) is 22.2. The maximum atomic E-state index is 15.0. The van der Waals surface area contributed by atoms with Crippen LogP contribution in [0.3, 0.4) is 0 Å². The molecule has 8 aliphatic heterocycles. The number of hydrogen-bond donors (Lipinski definition) is 0. The number of halogens is 4. The van der Waals surface area contributed by atoms with Gasteiger partial charge in [0.05, 0.1) is 26.9 Å². The van der Waals surface area contributed by atoms with E-state index in [-0.39, 0.29) is 89.8 Å². The van der Waals surface area contributed by atoms with E-state index >= 15 is 0 Å². The molecule has 8 heterocycles. The van der Waals surface area contributed by atoms with Crippen molar-refractivity contribution >= 4 is 151 Å². The first-order valence-electron chi connectivity index (χ1n) is 49.7. The second kappa shape index (κ2) is 48.5.